The lowest BCUT2D eigenvalue weighted by Gasteiger charge is -2.12. The molecule has 86 valence electrons. The average Bonchev–Trinajstić information content (AvgIpc) is 2.83. The molecule has 4 heteroatoms. The molecule has 0 fully saturated rings. The summed E-state index contributed by atoms with van der Waals surface area (Å²) in [6, 6.07) is 2.57. The van der Waals surface area contributed by atoms with Gasteiger partial charge in [-0.15, -0.1) is 0 Å². The molecule has 0 aliphatic carbocycles. The first-order valence-corrected chi connectivity index (χ1v) is 6.41. The van der Waals surface area contributed by atoms with Crippen LogP contribution < -0.4 is 5.32 Å². The van der Waals surface area contributed by atoms with Gasteiger partial charge in [0.25, 0.3) is 0 Å². The number of aromatic nitrogens is 2. The van der Waals surface area contributed by atoms with Gasteiger partial charge >= 0.3 is 0 Å². The van der Waals surface area contributed by atoms with Crippen molar-refractivity contribution in [3.8, 4) is 0 Å². The predicted molar refractivity (Wildman–Crippen MR) is 69.0 cm³/mol. The number of anilines is 1. The SMILES string of the molecule is Cc1cn(C(C)C)c(NCc2ccsc2)n1. The van der Waals surface area contributed by atoms with Crippen LogP contribution in [-0.2, 0) is 6.54 Å². The Morgan fingerprint density at radius 1 is 1.50 bits per heavy atom. The van der Waals surface area contributed by atoms with Crippen LogP contribution in [0.25, 0.3) is 0 Å². The fourth-order valence-corrected chi connectivity index (χ4v) is 2.28. The molecule has 2 rings (SSSR count). The Hall–Kier alpha value is -1.29. The Bertz CT molecular complexity index is 443. The highest BCUT2D eigenvalue weighted by Gasteiger charge is 2.07. The minimum absolute atomic E-state index is 0.436. The lowest BCUT2D eigenvalue weighted by atomic mass is 10.3. The highest BCUT2D eigenvalue weighted by atomic mass is 32.1. The Labute approximate surface area is 100 Å². The molecule has 0 amide bonds. The van der Waals surface area contributed by atoms with Crippen molar-refractivity contribution in [1.29, 1.82) is 0 Å². The van der Waals surface area contributed by atoms with Crippen LogP contribution in [0.5, 0.6) is 0 Å². The van der Waals surface area contributed by atoms with Crippen LogP contribution >= 0.6 is 11.3 Å². The van der Waals surface area contributed by atoms with E-state index >= 15 is 0 Å². The molecule has 0 radical (unpaired) electrons. The third-order valence-electron chi connectivity index (χ3n) is 2.44. The zero-order valence-electron chi connectivity index (χ0n) is 9.90. The number of nitrogens with zero attached hydrogens (tertiary/aromatic N) is 2. The number of hydrogen-bond acceptors (Lipinski definition) is 3. The third kappa shape index (κ3) is 2.44. The maximum atomic E-state index is 4.49. The molecule has 0 spiro atoms. The van der Waals surface area contributed by atoms with Crippen LogP contribution in [-0.4, -0.2) is 9.55 Å². The molecular formula is C12H17N3S. The lowest BCUT2D eigenvalue weighted by Crippen LogP contribution is -2.08. The average molecular weight is 235 g/mol. The first-order chi connectivity index (χ1) is 7.66. The van der Waals surface area contributed by atoms with Crippen molar-refractivity contribution < 1.29 is 0 Å². The van der Waals surface area contributed by atoms with E-state index in [2.05, 4.69) is 51.7 Å². The lowest BCUT2D eigenvalue weighted by molar-refractivity contribution is 0.604. The molecule has 0 unspecified atom stereocenters. The van der Waals surface area contributed by atoms with E-state index in [1.807, 2.05) is 6.92 Å². The predicted octanol–water partition coefficient (Wildman–Crippen LogP) is 3.45. The highest BCUT2D eigenvalue weighted by molar-refractivity contribution is 7.07. The third-order valence-corrected chi connectivity index (χ3v) is 3.17. The zero-order valence-corrected chi connectivity index (χ0v) is 10.7. The molecule has 0 saturated carbocycles. The van der Waals surface area contributed by atoms with Crippen molar-refractivity contribution in [2.75, 3.05) is 5.32 Å². The van der Waals surface area contributed by atoms with E-state index < -0.39 is 0 Å². The second-order valence-corrected chi connectivity index (χ2v) is 4.97. The van der Waals surface area contributed by atoms with E-state index in [1.165, 1.54) is 5.56 Å². The van der Waals surface area contributed by atoms with Gasteiger partial charge in [-0.25, -0.2) is 4.98 Å². The molecule has 0 aromatic carbocycles. The van der Waals surface area contributed by atoms with E-state index in [4.69, 9.17) is 0 Å². The molecular weight excluding hydrogens is 218 g/mol. The first-order valence-electron chi connectivity index (χ1n) is 5.47. The zero-order chi connectivity index (χ0) is 11.5. The molecule has 0 aliphatic heterocycles. The summed E-state index contributed by atoms with van der Waals surface area (Å²) in [5.74, 6) is 0.957. The minimum Gasteiger partial charge on any atom is -0.352 e. The summed E-state index contributed by atoms with van der Waals surface area (Å²) < 4.78 is 2.17. The normalized spacial score (nSPS) is 11.0. The van der Waals surface area contributed by atoms with Crippen LogP contribution in [0.1, 0.15) is 31.1 Å². The standard InChI is InChI=1S/C12H17N3S/c1-9(2)15-7-10(3)14-12(15)13-6-11-4-5-16-8-11/h4-5,7-9H,6H2,1-3H3,(H,13,14). The number of hydrogen-bond donors (Lipinski definition) is 1. The first kappa shape index (κ1) is 11.2. The second-order valence-electron chi connectivity index (χ2n) is 4.19. The Balaban J connectivity index is 2.09. The van der Waals surface area contributed by atoms with Crippen LogP contribution in [0.3, 0.4) is 0 Å². The summed E-state index contributed by atoms with van der Waals surface area (Å²) >= 11 is 1.72. The van der Waals surface area contributed by atoms with E-state index in [1.54, 1.807) is 11.3 Å². The molecule has 2 heterocycles. The number of imidazole rings is 1. The van der Waals surface area contributed by atoms with Gasteiger partial charge in [0.1, 0.15) is 0 Å². The van der Waals surface area contributed by atoms with Crippen LogP contribution in [0.2, 0.25) is 0 Å². The van der Waals surface area contributed by atoms with Crippen molar-refractivity contribution in [3.05, 3.63) is 34.3 Å². The van der Waals surface area contributed by atoms with E-state index in [-0.39, 0.29) is 0 Å². The molecule has 2 aromatic rings. The molecule has 0 saturated heterocycles. The molecule has 2 aromatic heterocycles. The molecule has 3 nitrogen and oxygen atoms in total. The van der Waals surface area contributed by atoms with Gasteiger partial charge in [0, 0.05) is 18.8 Å². The fourth-order valence-electron chi connectivity index (χ4n) is 1.61. The molecule has 1 N–H and O–H groups in total. The van der Waals surface area contributed by atoms with E-state index in [0.717, 1.165) is 18.2 Å². The van der Waals surface area contributed by atoms with Gasteiger partial charge in [-0.2, -0.15) is 11.3 Å². The molecule has 16 heavy (non-hydrogen) atoms. The summed E-state index contributed by atoms with van der Waals surface area (Å²) in [6.07, 6.45) is 2.08. The van der Waals surface area contributed by atoms with E-state index in [0.29, 0.717) is 6.04 Å². The highest BCUT2D eigenvalue weighted by Crippen LogP contribution is 2.16. The van der Waals surface area contributed by atoms with Gasteiger partial charge in [0.2, 0.25) is 5.95 Å². The molecule has 0 aliphatic rings. The quantitative estimate of drug-likeness (QED) is 0.879. The van der Waals surface area contributed by atoms with Gasteiger partial charge in [-0.3, -0.25) is 0 Å². The van der Waals surface area contributed by atoms with Crippen molar-refractivity contribution >= 4 is 17.3 Å². The van der Waals surface area contributed by atoms with Crippen molar-refractivity contribution in [1.82, 2.24) is 9.55 Å². The second kappa shape index (κ2) is 4.70. The smallest absolute Gasteiger partial charge is 0.203 e. The summed E-state index contributed by atoms with van der Waals surface area (Å²) in [5, 5.41) is 7.63. The molecule has 0 bridgehead atoms. The van der Waals surface area contributed by atoms with Gasteiger partial charge in [-0.1, -0.05) is 0 Å². The van der Waals surface area contributed by atoms with Crippen molar-refractivity contribution in [2.24, 2.45) is 0 Å². The van der Waals surface area contributed by atoms with Gasteiger partial charge in [0.05, 0.1) is 5.69 Å². The Kier molecular flexibility index (Phi) is 3.29. The van der Waals surface area contributed by atoms with Gasteiger partial charge in [-0.05, 0) is 43.2 Å². The number of thiophene rings is 1. The summed E-state index contributed by atoms with van der Waals surface area (Å²) in [5.41, 5.74) is 2.36. The van der Waals surface area contributed by atoms with Gasteiger partial charge < -0.3 is 9.88 Å². The fraction of sp³-hybridized carbons (Fsp3) is 0.417. The number of aryl methyl sites for hydroxylation is 1. The summed E-state index contributed by atoms with van der Waals surface area (Å²) in [7, 11) is 0. The number of nitrogens with one attached hydrogen (secondary N) is 1. The topological polar surface area (TPSA) is 29.9 Å². The summed E-state index contributed by atoms with van der Waals surface area (Å²) in [6.45, 7) is 7.19. The van der Waals surface area contributed by atoms with Gasteiger partial charge in [0.15, 0.2) is 0 Å². The van der Waals surface area contributed by atoms with Crippen LogP contribution in [0, 0.1) is 6.92 Å². The Morgan fingerprint density at radius 2 is 2.31 bits per heavy atom. The minimum atomic E-state index is 0.436. The van der Waals surface area contributed by atoms with Crippen molar-refractivity contribution in [2.45, 2.75) is 33.4 Å². The monoisotopic (exact) mass is 235 g/mol. The van der Waals surface area contributed by atoms with Crippen LogP contribution in [0.15, 0.2) is 23.0 Å². The molecule has 0 atom stereocenters. The van der Waals surface area contributed by atoms with E-state index in [9.17, 15) is 0 Å². The maximum absolute atomic E-state index is 4.49. The maximum Gasteiger partial charge on any atom is 0.203 e. The summed E-state index contributed by atoms with van der Waals surface area (Å²) in [4.78, 5) is 4.49. The number of rotatable bonds is 4. The Morgan fingerprint density at radius 3 is 2.94 bits per heavy atom. The van der Waals surface area contributed by atoms with Crippen molar-refractivity contribution in [3.63, 3.8) is 0 Å². The van der Waals surface area contributed by atoms with Crippen LogP contribution in [0.4, 0.5) is 5.95 Å². The largest absolute Gasteiger partial charge is 0.352 e.